The smallest absolute Gasteiger partial charge is 0.164 e. The Morgan fingerprint density at radius 3 is 2.83 bits per heavy atom. The van der Waals surface area contributed by atoms with Gasteiger partial charge in [0.2, 0.25) is 0 Å². The second-order valence-electron chi connectivity index (χ2n) is 4.49. The van der Waals surface area contributed by atoms with Crippen LogP contribution in [0.3, 0.4) is 0 Å². The van der Waals surface area contributed by atoms with Crippen molar-refractivity contribution in [2.75, 3.05) is 0 Å². The van der Waals surface area contributed by atoms with Crippen molar-refractivity contribution in [3.05, 3.63) is 47.8 Å². The monoisotopic (exact) mass is 248 g/mol. The van der Waals surface area contributed by atoms with Crippen LogP contribution in [-0.4, -0.2) is 20.8 Å². The van der Waals surface area contributed by atoms with Gasteiger partial charge in [0.25, 0.3) is 0 Å². The summed E-state index contributed by atoms with van der Waals surface area (Å²) in [6.07, 6.45) is 1.63. The first-order chi connectivity index (χ1) is 8.65. The number of hydrogen-bond donors (Lipinski definition) is 1. The van der Waals surface area contributed by atoms with Crippen molar-refractivity contribution in [1.82, 2.24) is 20.1 Å². The lowest BCUT2D eigenvalue weighted by Crippen LogP contribution is -2.22. The van der Waals surface area contributed by atoms with E-state index in [1.807, 2.05) is 6.07 Å². The molecule has 1 aromatic carbocycles. The minimum absolute atomic E-state index is 0.213. The highest BCUT2D eigenvalue weighted by Crippen LogP contribution is 2.07. The average molecular weight is 248 g/mol. The molecule has 96 valence electrons. The van der Waals surface area contributed by atoms with Gasteiger partial charge in [-0.1, -0.05) is 32.0 Å². The summed E-state index contributed by atoms with van der Waals surface area (Å²) in [5.41, 5.74) is 0.616. The topological polar surface area (TPSA) is 42.7 Å². The van der Waals surface area contributed by atoms with Crippen LogP contribution in [0.5, 0.6) is 0 Å². The van der Waals surface area contributed by atoms with Crippen LogP contribution < -0.4 is 5.32 Å². The summed E-state index contributed by atoms with van der Waals surface area (Å²) in [5.74, 6) is 0.509. The van der Waals surface area contributed by atoms with Crippen LogP contribution >= 0.6 is 0 Å². The van der Waals surface area contributed by atoms with E-state index in [1.54, 1.807) is 23.1 Å². The molecule has 0 spiro atoms. The normalized spacial score (nSPS) is 11.1. The summed E-state index contributed by atoms with van der Waals surface area (Å²) in [6.45, 7) is 5.16. The molecular formula is C13H17FN4. The molecule has 0 radical (unpaired) electrons. The molecule has 1 heterocycles. The predicted molar refractivity (Wildman–Crippen MR) is 67.5 cm³/mol. The Balaban J connectivity index is 2.00. The first-order valence-electron chi connectivity index (χ1n) is 6.00. The van der Waals surface area contributed by atoms with Gasteiger partial charge >= 0.3 is 0 Å². The van der Waals surface area contributed by atoms with E-state index in [-0.39, 0.29) is 5.82 Å². The molecule has 18 heavy (non-hydrogen) atoms. The molecule has 2 rings (SSSR count). The fraction of sp³-hybridized carbons (Fsp3) is 0.385. The van der Waals surface area contributed by atoms with Crippen molar-refractivity contribution in [2.24, 2.45) is 0 Å². The van der Waals surface area contributed by atoms with Crippen molar-refractivity contribution in [2.45, 2.75) is 33.0 Å². The van der Waals surface area contributed by atoms with Gasteiger partial charge in [-0.25, -0.2) is 14.1 Å². The average Bonchev–Trinajstić information content (AvgIpc) is 2.77. The number of aromatic nitrogens is 3. The zero-order chi connectivity index (χ0) is 13.0. The van der Waals surface area contributed by atoms with Crippen LogP contribution in [0.2, 0.25) is 0 Å². The predicted octanol–water partition coefficient (Wildman–Crippen LogP) is 1.96. The molecule has 0 amide bonds. The molecule has 0 bridgehead atoms. The minimum atomic E-state index is -0.213. The number of rotatable bonds is 5. The van der Waals surface area contributed by atoms with E-state index in [0.717, 1.165) is 5.82 Å². The molecular weight excluding hydrogens is 231 g/mol. The van der Waals surface area contributed by atoms with Crippen LogP contribution in [0.4, 0.5) is 4.39 Å². The van der Waals surface area contributed by atoms with Gasteiger partial charge in [-0.3, -0.25) is 0 Å². The highest BCUT2D eigenvalue weighted by molar-refractivity contribution is 5.17. The van der Waals surface area contributed by atoms with E-state index >= 15 is 0 Å². The van der Waals surface area contributed by atoms with E-state index in [0.29, 0.717) is 24.7 Å². The molecule has 0 aliphatic heterocycles. The Morgan fingerprint density at radius 1 is 1.33 bits per heavy atom. The maximum Gasteiger partial charge on any atom is 0.164 e. The van der Waals surface area contributed by atoms with Crippen molar-refractivity contribution in [3.8, 4) is 0 Å². The third-order valence-electron chi connectivity index (χ3n) is 2.54. The zero-order valence-electron chi connectivity index (χ0n) is 10.6. The third kappa shape index (κ3) is 3.37. The van der Waals surface area contributed by atoms with E-state index in [1.165, 1.54) is 6.07 Å². The van der Waals surface area contributed by atoms with Crippen molar-refractivity contribution < 1.29 is 4.39 Å². The molecule has 0 unspecified atom stereocenters. The maximum atomic E-state index is 13.5. The number of halogens is 1. The highest BCUT2D eigenvalue weighted by Gasteiger charge is 2.05. The fourth-order valence-electron chi connectivity index (χ4n) is 1.59. The second-order valence-corrected chi connectivity index (χ2v) is 4.49. The van der Waals surface area contributed by atoms with Gasteiger partial charge in [0.1, 0.15) is 12.1 Å². The SMILES string of the molecule is CC(C)NCc1ncn(Cc2ccccc2F)n1. The molecule has 0 saturated heterocycles. The lowest BCUT2D eigenvalue weighted by Gasteiger charge is -2.04. The van der Waals surface area contributed by atoms with E-state index in [2.05, 4.69) is 29.2 Å². The van der Waals surface area contributed by atoms with Gasteiger partial charge in [0.05, 0.1) is 13.1 Å². The van der Waals surface area contributed by atoms with Gasteiger partial charge in [0.15, 0.2) is 5.82 Å². The Bertz CT molecular complexity index is 507. The summed E-state index contributed by atoms with van der Waals surface area (Å²) in [7, 11) is 0. The summed E-state index contributed by atoms with van der Waals surface area (Å²) >= 11 is 0. The Labute approximate surface area is 106 Å². The van der Waals surface area contributed by atoms with E-state index in [4.69, 9.17) is 0 Å². The molecule has 0 saturated carbocycles. The summed E-state index contributed by atoms with van der Waals surface area (Å²) in [4.78, 5) is 4.18. The van der Waals surface area contributed by atoms with Crippen LogP contribution in [0.25, 0.3) is 0 Å². The van der Waals surface area contributed by atoms with Gasteiger partial charge in [-0.05, 0) is 6.07 Å². The lowest BCUT2D eigenvalue weighted by molar-refractivity contribution is 0.558. The second kappa shape index (κ2) is 5.73. The maximum absolute atomic E-state index is 13.5. The largest absolute Gasteiger partial charge is 0.308 e. The molecule has 2 aromatic rings. The van der Waals surface area contributed by atoms with Crippen LogP contribution in [0.1, 0.15) is 25.2 Å². The first kappa shape index (κ1) is 12.7. The van der Waals surface area contributed by atoms with Crippen molar-refractivity contribution >= 4 is 0 Å². The van der Waals surface area contributed by atoms with E-state index < -0.39 is 0 Å². The Hall–Kier alpha value is -1.75. The van der Waals surface area contributed by atoms with Crippen molar-refractivity contribution in [3.63, 3.8) is 0 Å². The van der Waals surface area contributed by atoms with Gasteiger partial charge in [0, 0.05) is 11.6 Å². The molecule has 0 aliphatic carbocycles. The standard InChI is InChI=1S/C13H17FN4/c1-10(2)15-7-13-16-9-18(17-13)8-11-5-3-4-6-12(11)14/h3-6,9-10,15H,7-8H2,1-2H3. The molecule has 0 aliphatic rings. The number of nitrogens with zero attached hydrogens (tertiary/aromatic N) is 3. The molecule has 0 atom stereocenters. The molecule has 1 N–H and O–H groups in total. The minimum Gasteiger partial charge on any atom is -0.308 e. The highest BCUT2D eigenvalue weighted by atomic mass is 19.1. The van der Waals surface area contributed by atoms with Crippen molar-refractivity contribution in [1.29, 1.82) is 0 Å². The summed E-state index contributed by atoms with van der Waals surface area (Å²) in [5, 5.41) is 7.53. The summed E-state index contributed by atoms with van der Waals surface area (Å²) < 4.78 is 15.1. The third-order valence-corrected chi connectivity index (χ3v) is 2.54. The Kier molecular flexibility index (Phi) is 4.04. The number of nitrogens with one attached hydrogen (secondary N) is 1. The van der Waals surface area contributed by atoms with Crippen LogP contribution in [-0.2, 0) is 13.1 Å². The van der Waals surface area contributed by atoms with Gasteiger partial charge in [-0.2, -0.15) is 5.10 Å². The van der Waals surface area contributed by atoms with Crippen LogP contribution in [0.15, 0.2) is 30.6 Å². The van der Waals surface area contributed by atoms with Gasteiger partial charge < -0.3 is 5.32 Å². The first-order valence-corrected chi connectivity index (χ1v) is 6.00. The molecule has 0 fully saturated rings. The number of benzene rings is 1. The number of hydrogen-bond acceptors (Lipinski definition) is 3. The molecule has 4 nitrogen and oxygen atoms in total. The van der Waals surface area contributed by atoms with Crippen LogP contribution in [0, 0.1) is 5.82 Å². The molecule has 5 heteroatoms. The quantitative estimate of drug-likeness (QED) is 0.879. The lowest BCUT2D eigenvalue weighted by atomic mass is 10.2. The van der Waals surface area contributed by atoms with E-state index in [9.17, 15) is 4.39 Å². The van der Waals surface area contributed by atoms with Gasteiger partial charge in [-0.15, -0.1) is 0 Å². The summed E-state index contributed by atoms with van der Waals surface area (Å²) in [6, 6.07) is 7.09. The Morgan fingerprint density at radius 2 is 2.11 bits per heavy atom. The molecule has 1 aromatic heterocycles. The fourth-order valence-corrected chi connectivity index (χ4v) is 1.59. The zero-order valence-corrected chi connectivity index (χ0v) is 10.6.